The van der Waals surface area contributed by atoms with Crippen molar-refractivity contribution in [1.29, 1.82) is 0 Å². The van der Waals surface area contributed by atoms with Crippen LogP contribution in [0, 0.1) is 0 Å². The van der Waals surface area contributed by atoms with Gasteiger partial charge in [-0.3, -0.25) is 13.9 Å². The molecule has 1 fully saturated rings. The fraction of sp³-hybridized carbons (Fsp3) is 0.381. The van der Waals surface area contributed by atoms with Gasteiger partial charge in [-0.2, -0.15) is 0 Å². The van der Waals surface area contributed by atoms with Crippen molar-refractivity contribution in [2.45, 2.75) is 18.9 Å². The van der Waals surface area contributed by atoms with Gasteiger partial charge in [0.1, 0.15) is 27.5 Å². The summed E-state index contributed by atoms with van der Waals surface area (Å²) in [6, 6.07) is 3.61. The van der Waals surface area contributed by atoms with Gasteiger partial charge in [-0.25, -0.2) is 19.7 Å². The first-order valence-corrected chi connectivity index (χ1v) is 11.1. The summed E-state index contributed by atoms with van der Waals surface area (Å²) in [6.45, 7) is 0.509. The summed E-state index contributed by atoms with van der Waals surface area (Å²) in [5.41, 5.74) is 2.90. The molecule has 0 saturated carbocycles. The van der Waals surface area contributed by atoms with Crippen LogP contribution < -0.4 is 10.4 Å². The molecule has 5 rings (SSSR count). The van der Waals surface area contributed by atoms with E-state index in [4.69, 9.17) is 14.8 Å². The number of carbonyl (C=O) groups is 1. The van der Waals surface area contributed by atoms with Gasteiger partial charge < -0.3 is 14.7 Å². The van der Waals surface area contributed by atoms with E-state index in [-0.39, 0.29) is 17.6 Å². The van der Waals surface area contributed by atoms with Gasteiger partial charge in [0.2, 0.25) is 11.8 Å². The van der Waals surface area contributed by atoms with E-state index >= 15 is 0 Å². The number of aliphatic hydroxyl groups excluding tert-OH is 1. The van der Waals surface area contributed by atoms with Crippen molar-refractivity contribution in [1.82, 2.24) is 29.0 Å². The Morgan fingerprint density at radius 3 is 2.69 bits per heavy atom. The van der Waals surface area contributed by atoms with E-state index < -0.39 is 6.61 Å². The van der Waals surface area contributed by atoms with E-state index in [1.54, 1.807) is 46.7 Å². The number of aryl methyl sites for hydroxylation is 1. The minimum absolute atomic E-state index is 0.0626. The number of piperidine rings is 1. The quantitative estimate of drug-likeness (QED) is 0.498. The van der Waals surface area contributed by atoms with E-state index in [0.29, 0.717) is 37.3 Å². The molecule has 5 heterocycles. The lowest BCUT2D eigenvalue weighted by atomic mass is 10.0. The second-order valence-electron chi connectivity index (χ2n) is 7.74. The Morgan fingerprint density at radius 2 is 2.03 bits per heavy atom. The molecular formula is C21H22N6O4S. The number of carbonyl (C=O) groups excluding carboxylic acids is 1. The Kier molecular flexibility index (Phi) is 5.14. The van der Waals surface area contributed by atoms with Gasteiger partial charge in [0.25, 0.3) is 0 Å². The lowest BCUT2D eigenvalue weighted by Crippen LogP contribution is -2.42. The topological polar surface area (TPSA) is 115 Å². The molecule has 1 aliphatic heterocycles. The number of ether oxygens (including phenoxy) is 1. The molecule has 1 amide bonds. The molecular weight excluding hydrogens is 432 g/mol. The fourth-order valence-electron chi connectivity index (χ4n) is 4.26. The van der Waals surface area contributed by atoms with Crippen molar-refractivity contribution in [3.8, 4) is 16.5 Å². The third-order valence-corrected chi connectivity index (χ3v) is 7.00. The van der Waals surface area contributed by atoms with Crippen molar-refractivity contribution < 1.29 is 14.6 Å². The van der Waals surface area contributed by atoms with E-state index in [1.165, 1.54) is 11.3 Å². The third-order valence-electron chi connectivity index (χ3n) is 5.99. The van der Waals surface area contributed by atoms with Gasteiger partial charge in [0, 0.05) is 44.0 Å². The van der Waals surface area contributed by atoms with Crippen molar-refractivity contribution in [2.24, 2.45) is 7.05 Å². The van der Waals surface area contributed by atoms with Gasteiger partial charge in [-0.15, -0.1) is 0 Å². The van der Waals surface area contributed by atoms with Crippen LogP contribution in [0.5, 0.6) is 5.88 Å². The molecule has 4 aromatic rings. The average Bonchev–Trinajstić information content (AvgIpc) is 3.38. The van der Waals surface area contributed by atoms with Crippen molar-refractivity contribution in [2.75, 3.05) is 26.8 Å². The van der Waals surface area contributed by atoms with E-state index in [2.05, 4.69) is 9.97 Å². The molecule has 0 spiro atoms. The lowest BCUT2D eigenvalue weighted by Gasteiger charge is -2.32. The Labute approximate surface area is 186 Å². The largest absolute Gasteiger partial charge is 0.481 e. The number of hydrogen-bond acceptors (Lipinski definition) is 8. The fourth-order valence-corrected chi connectivity index (χ4v) is 5.17. The predicted molar refractivity (Wildman–Crippen MR) is 120 cm³/mol. The first kappa shape index (κ1) is 20.6. The summed E-state index contributed by atoms with van der Waals surface area (Å²) < 4.78 is 8.53. The number of rotatable bonds is 4. The van der Waals surface area contributed by atoms with E-state index in [9.17, 15) is 9.59 Å². The van der Waals surface area contributed by atoms with Crippen molar-refractivity contribution in [3.05, 3.63) is 35.0 Å². The highest BCUT2D eigenvalue weighted by Gasteiger charge is 2.28. The zero-order chi connectivity index (χ0) is 22.4. The molecule has 0 radical (unpaired) electrons. The Bertz CT molecular complexity index is 1370. The second-order valence-corrected chi connectivity index (χ2v) is 8.71. The first-order valence-electron chi connectivity index (χ1n) is 10.3. The summed E-state index contributed by atoms with van der Waals surface area (Å²) in [6.07, 6.45) is 4.69. The van der Waals surface area contributed by atoms with E-state index in [1.807, 2.05) is 6.07 Å². The van der Waals surface area contributed by atoms with E-state index in [0.717, 1.165) is 26.4 Å². The minimum Gasteiger partial charge on any atom is -0.481 e. The second kappa shape index (κ2) is 7.99. The van der Waals surface area contributed by atoms with Crippen LogP contribution in [0.25, 0.3) is 32.0 Å². The average molecular weight is 455 g/mol. The molecule has 0 aliphatic carbocycles. The number of hydrogen-bond donors (Lipinski definition) is 1. The van der Waals surface area contributed by atoms with Crippen LogP contribution in [0.15, 0.2) is 29.3 Å². The number of amides is 1. The number of likely N-dealkylation sites (tertiary alicyclic amines) is 1. The molecule has 166 valence electrons. The summed E-state index contributed by atoms with van der Waals surface area (Å²) in [5.74, 6) is 0.246. The van der Waals surface area contributed by atoms with Gasteiger partial charge >= 0.3 is 5.69 Å². The highest BCUT2D eigenvalue weighted by atomic mass is 32.1. The Hall–Kier alpha value is -3.31. The normalized spacial score (nSPS) is 15.0. The molecule has 4 aromatic heterocycles. The van der Waals surface area contributed by atoms with Crippen LogP contribution in [0.2, 0.25) is 0 Å². The number of aliphatic hydroxyl groups is 1. The maximum Gasteiger partial charge on any atom is 0.329 e. The molecule has 0 atom stereocenters. The number of fused-ring (bicyclic) bond motifs is 3. The Balaban J connectivity index is 1.60. The number of methoxy groups -OCH3 is 1. The monoisotopic (exact) mass is 454 g/mol. The summed E-state index contributed by atoms with van der Waals surface area (Å²) in [7, 11) is 3.30. The molecule has 0 aromatic carbocycles. The van der Waals surface area contributed by atoms with Crippen molar-refractivity contribution in [3.63, 3.8) is 0 Å². The highest BCUT2D eigenvalue weighted by molar-refractivity contribution is 7.21. The van der Waals surface area contributed by atoms with Gasteiger partial charge in [0.15, 0.2) is 0 Å². The van der Waals surface area contributed by atoms with Gasteiger partial charge in [-0.1, -0.05) is 11.3 Å². The summed E-state index contributed by atoms with van der Waals surface area (Å²) in [4.78, 5) is 41.0. The molecule has 1 N–H and O–H groups in total. The lowest BCUT2D eigenvalue weighted by molar-refractivity contribution is -0.135. The maximum absolute atomic E-state index is 13.2. The molecule has 32 heavy (non-hydrogen) atoms. The summed E-state index contributed by atoms with van der Waals surface area (Å²) in [5, 5.41) is 9.89. The number of pyridine rings is 2. The van der Waals surface area contributed by atoms with Gasteiger partial charge in [-0.05, 0) is 18.9 Å². The minimum atomic E-state index is -0.493. The maximum atomic E-state index is 13.2. The van der Waals surface area contributed by atoms with Crippen LogP contribution in [-0.4, -0.2) is 66.8 Å². The van der Waals surface area contributed by atoms with Crippen LogP contribution >= 0.6 is 11.3 Å². The SMILES string of the molecule is COc1ccc(-c2nc3c(ncc4c3n(C3CCN(C(=O)CO)CC3)c(=O)n4C)s2)cn1. The van der Waals surface area contributed by atoms with Crippen LogP contribution in [0.1, 0.15) is 18.9 Å². The molecule has 0 unspecified atom stereocenters. The number of nitrogens with zero attached hydrogens (tertiary/aromatic N) is 6. The van der Waals surface area contributed by atoms with Crippen molar-refractivity contribution >= 4 is 38.6 Å². The third kappa shape index (κ3) is 3.24. The number of imidazole rings is 1. The van der Waals surface area contributed by atoms with Crippen LogP contribution in [0.3, 0.4) is 0 Å². The molecule has 10 nitrogen and oxygen atoms in total. The van der Waals surface area contributed by atoms with Gasteiger partial charge in [0.05, 0.1) is 18.8 Å². The smallest absolute Gasteiger partial charge is 0.329 e. The molecule has 1 saturated heterocycles. The number of aromatic nitrogens is 5. The predicted octanol–water partition coefficient (Wildman–Crippen LogP) is 1.57. The van der Waals surface area contributed by atoms with Crippen LogP contribution in [0.4, 0.5) is 0 Å². The standard InChI is InChI=1S/C21H22N6O4S/c1-25-14-10-23-20-17(24-19(32-20)12-3-4-15(31-2)22-9-12)18(14)27(21(25)30)13-5-7-26(8-6-13)16(29)11-28/h3-4,9-10,13,28H,5-8,11H2,1-2H3. The van der Waals surface area contributed by atoms with Crippen LogP contribution in [-0.2, 0) is 11.8 Å². The highest BCUT2D eigenvalue weighted by Crippen LogP contribution is 2.34. The molecule has 1 aliphatic rings. The zero-order valence-corrected chi connectivity index (χ0v) is 18.5. The molecule has 11 heteroatoms. The number of thiazole rings is 1. The Morgan fingerprint density at radius 1 is 1.25 bits per heavy atom. The zero-order valence-electron chi connectivity index (χ0n) is 17.7. The first-order chi connectivity index (χ1) is 15.5. The summed E-state index contributed by atoms with van der Waals surface area (Å²) >= 11 is 1.45. The molecule has 0 bridgehead atoms.